The number of piperazine rings is 1. The van der Waals surface area contributed by atoms with Crippen molar-refractivity contribution in [2.24, 2.45) is 5.92 Å². The summed E-state index contributed by atoms with van der Waals surface area (Å²) in [5, 5.41) is 2.63. The molecule has 32 heavy (non-hydrogen) atoms. The number of nitrogens with one attached hydrogen (secondary N) is 1. The average molecular weight is 445 g/mol. The lowest BCUT2D eigenvalue weighted by molar-refractivity contribution is -0.124. The molecule has 4 rings (SSSR count). The van der Waals surface area contributed by atoms with E-state index in [1.54, 1.807) is 17.0 Å². The summed E-state index contributed by atoms with van der Waals surface area (Å²) in [5.74, 6) is -2.63. The maximum absolute atomic E-state index is 14.1. The standard InChI is InChI=1S/C24H26F3N3O2/c25-17-9-10-21(20(27)15-17)28-23(31)22(16-5-1-2-6-16)29-11-13-30(14-12-29)24(32)18-7-3-4-8-19(18)26/h3-4,7-10,15-16,22H,1-2,5-6,11-14H2,(H,28,31). The number of hydrogen-bond donors (Lipinski definition) is 1. The van der Waals surface area contributed by atoms with Crippen molar-refractivity contribution in [2.45, 2.75) is 31.7 Å². The smallest absolute Gasteiger partial charge is 0.256 e. The van der Waals surface area contributed by atoms with Gasteiger partial charge in [-0.3, -0.25) is 14.5 Å². The highest BCUT2D eigenvalue weighted by atomic mass is 19.1. The van der Waals surface area contributed by atoms with Crippen molar-refractivity contribution in [1.82, 2.24) is 9.80 Å². The van der Waals surface area contributed by atoms with E-state index < -0.39 is 23.5 Å². The number of hydrogen-bond acceptors (Lipinski definition) is 3. The molecule has 2 fully saturated rings. The SMILES string of the molecule is O=C(Nc1ccc(F)cc1F)C(C1CCCC1)N1CCN(C(=O)c2ccccc2F)CC1. The molecular weight excluding hydrogens is 419 g/mol. The second kappa shape index (κ2) is 9.73. The largest absolute Gasteiger partial charge is 0.336 e. The van der Waals surface area contributed by atoms with Gasteiger partial charge >= 0.3 is 0 Å². The topological polar surface area (TPSA) is 52.7 Å². The van der Waals surface area contributed by atoms with Crippen LogP contribution in [0, 0.1) is 23.4 Å². The molecule has 1 N–H and O–H groups in total. The van der Waals surface area contributed by atoms with Gasteiger partial charge in [0.15, 0.2) is 0 Å². The Morgan fingerprint density at radius 2 is 1.59 bits per heavy atom. The fourth-order valence-corrected chi connectivity index (χ4v) is 4.76. The summed E-state index contributed by atoms with van der Waals surface area (Å²) in [5.41, 5.74) is -0.00872. The van der Waals surface area contributed by atoms with Crippen LogP contribution in [0.3, 0.4) is 0 Å². The van der Waals surface area contributed by atoms with Gasteiger partial charge in [-0.25, -0.2) is 13.2 Å². The number of amides is 2. The van der Waals surface area contributed by atoms with Gasteiger partial charge in [-0.05, 0) is 43.0 Å². The minimum Gasteiger partial charge on any atom is -0.336 e. The van der Waals surface area contributed by atoms with Crippen LogP contribution in [0.25, 0.3) is 0 Å². The minimum atomic E-state index is -0.816. The predicted octanol–water partition coefficient (Wildman–Crippen LogP) is 4.06. The Balaban J connectivity index is 1.45. The molecule has 1 saturated carbocycles. The van der Waals surface area contributed by atoms with Crippen LogP contribution in [0.15, 0.2) is 42.5 Å². The van der Waals surface area contributed by atoms with E-state index in [-0.39, 0.29) is 29.0 Å². The third kappa shape index (κ3) is 4.80. The number of rotatable bonds is 5. The molecule has 8 heteroatoms. The number of carbonyl (C=O) groups is 2. The maximum atomic E-state index is 14.1. The number of carbonyl (C=O) groups excluding carboxylic acids is 2. The Bertz CT molecular complexity index is 986. The minimum absolute atomic E-state index is 0.0396. The molecule has 1 heterocycles. The van der Waals surface area contributed by atoms with Gasteiger partial charge in [-0.1, -0.05) is 25.0 Å². The number of halogens is 3. The fourth-order valence-electron chi connectivity index (χ4n) is 4.76. The van der Waals surface area contributed by atoms with Gasteiger partial charge in [0.05, 0.1) is 17.3 Å². The first-order valence-electron chi connectivity index (χ1n) is 11.0. The molecule has 2 amide bonds. The molecule has 1 saturated heterocycles. The fraction of sp³-hybridized carbons (Fsp3) is 0.417. The lowest BCUT2D eigenvalue weighted by atomic mass is 9.94. The Kier molecular flexibility index (Phi) is 6.79. The molecule has 5 nitrogen and oxygen atoms in total. The molecule has 2 aromatic carbocycles. The molecule has 1 unspecified atom stereocenters. The summed E-state index contributed by atoms with van der Waals surface area (Å²) in [7, 11) is 0. The first-order chi connectivity index (χ1) is 15.4. The summed E-state index contributed by atoms with van der Waals surface area (Å²) in [6, 6.07) is 8.51. The van der Waals surface area contributed by atoms with Crippen LogP contribution in [0.5, 0.6) is 0 Å². The monoisotopic (exact) mass is 445 g/mol. The van der Waals surface area contributed by atoms with E-state index >= 15 is 0 Å². The molecule has 2 aliphatic rings. The summed E-state index contributed by atoms with van der Waals surface area (Å²) >= 11 is 0. The molecule has 0 bridgehead atoms. The van der Waals surface area contributed by atoms with Crippen molar-refractivity contribution in [3.05, 3.63) is 65.5 Å². The lowest BCUT2D eigenvalue weighted by Crippen LogP contribution is -2.57. The van der Waals surface area contributed by atoms with Crippen molar-refractivity contribution in [3.8, 4) is 0 Å². The first-order valence-corrected chi connectivity index (χ1v) is 11.0. The normalized spacial score (nSPS) is 18.5. The van der Waals surface area contributed by atoms with E-state index in [2.05, 4.69) is 5.32 Å². The van der Waals surface area contributed by atoms with E-state index in [1.807, 2.05) is 4.90 Å². The van der Waals surface area contributed by atoms with E-state index in [4.69, 9.17) is 0 Å². The quantitative estimate of drug-likeness (QED) is 0.755. The maximum Gasteiger partial charge on any atom is 0.256 e. The van der Waals surface area contributed by atoms with E-state index in [0.717, 1.165) is 37.8 Å². The van der Waals surface area contributed by atoms with Gasteiger partial charge < -0.3 is 10.2 Å². The van der Waals surface area contributed by atoms with Crippen molar-refractivity contribution in [1.29, 1.82) is 0 Å². The third-order valence-corrected chi connectivity index (χ3v) is 6.40. The van der Waals surface area contributed by atoms with E-state index in [9.17, 15) is 22.8 Å². The number of benzene rings is 2. The van der Waals surface area contributed by atoms with Crippen LogP contribution in [0.2, 0.25) is 0 Å². The van der Waals surface area contributed by atoms with Gasteiger partial charge in [0.2, 0.25) is 5.91 Å². The first kappa shape index (κ1) is 22.3. The summed E-state index contributed by atoms with van der Waals surface area (Å²) in [4.78, 5) is 29.5. The molecular formula is C24H26F3N3O2. The van der Waals surface area contributed by atoms with Gasteiger partial charge in [-0.2, -0.15) is 0 Å². The molecule has 1 aliphatic heterocycles. The third-order valence-electron chi connectivity index (χ3n) is 6.40. The Morgan fingerprint density at radius 3 is 2.25 bits per heavy atom. The zero-order chi connectivity index (χ0) is 22.7. The van der Waals surface area contributed by atoms with E-state index in [1.165, 1.54) is 18.2 Å². The van der Waals surface area contributed by atoms with Gasteiger partial charge in [-0.15, -0.1) is 0 Å². The van der Waals surface area contributed by atoms with Crippen molar-refractivity contribution >= 4 is 17.5 Å². The van der Waals surface area contributed by atoms with Crippen molar-refractivity contribution < 1.29 is 22.8 Å². The molecule has 1 aliphatic carbocycles. The molecule has 0 aromatic heterocycles. The summed E-state index contributed by atoms with van der Waals surface area (Å²) in [6.07, 6.45) is 3.87. The molecule has 0 radical (unpaired) electrons. The van der Waals surface area contributed by atoms with Gasteiger partial charge in [0, 0.05) is 32.2 Å². The van der Waals surface area contributed by atoms with E-state index in [0.29, 0.717) is 26.2 Å². The van der Waals surface area contributed by atoms with Gasteiger partial charge in [0.25, 0.3) is 5.91 Å². The van der Waals surface area contributed by atoms with Crippen molar-refractivity contribution in [3.63, 3.8) is 0 Å². The predicted molar refractivity (Wildman–Crippen MR) is 115 cm³/mol. The van der Waals surface area contributed by atoms with Gasteiger partial charge in [0.1, 0.15) is 17.5 Å². The highest BCUT2D eigenvalue weighted by Gasteiger charge is 2.37. The van der Waals surface area contributed by atoms with Crippen LogP contribution >= 0.6 is 0 Å². The van der Waals surface area contributed by atoms with Crippen LogP contribution in [-0.4, -0.2) is 53.8 Å². The lowest BCUT2D eigenvalue weighted by Gasteiger charge is -2.40. The highest BCUT2D eigenvalue weighted by Crippen LogP contribution is 2.32. The average Bonchev–Trinajstić information content (AvgIpc) is 3.30. The summed E-state index contributed by atoms with van der Waals surface area (Å²) < 4.78 is 41.3. The van der Waals surface area contributed by atoms with Crippen LogP contribution in [0.1, 0.15) is 36.0 Å². The number of nitrogens with zero attached hydrogens (tertiary/aromatic N) is 2. The molecule has 1 atom stereocenters. The van der Waals surface area contributed by atoms with Crippen LogP contribution in [0.4, 0.5) is 18.9 Å². The molecule has 170 valence electrons. The van der Waals surface area contributed by atoms with Crippen LogP contribution < -0.4 is 5.32 Å². The van der Waals surface area contributed by atoms with Crippen LogP contribution in [-0.2, 0) is 4.79 Å². The Morgan fingerprint density at radius 1 is 0.906 bits per heavy atom. The Hall–Kier alpha value is -2.87. The highest BCUT2D eigenvalue weighted by molar-refractivity contribution is 5.96. The number of anilines is 1. The van der Waals surface area contributed by atoms with Crippen molar-refractivity contribution in [2.75, 3.05) is 31.5 Å². The molecule has 2 aromatic rings. The molecule has 0 spiro atoms. The zero-order valence-corrected chi connectivity index (χ0v) is 17.7. The second-order valence-corrected chi connectivity index (χ2v) is 8.41. The Labute approximate surface area is 185 Å². The second-order valence-electron chi connectivity index (χ2n) is 8.41. The summed E-state index contributed by atoms with van der Waals surface area (Å²) in [6.45, 7) is 1.66. The zero-order valence-electron chi connectivity index (χ0n) is 17.7.